The van der Waals surface area contributed by atoms with Gasteiger partial charge in [-0.2, -0.15) is 15.0 Å². The highest BCUT2D eigenvalue weighted by atomic mass is 15.3. The zero-order valence-electron chi connectivity index (χ0n) is 30.5. The first kappa shape index (κ1) is 30.5. The number of benzene rings is 8. The van der Waals surface area contributed by atoms with Crippen molar-refractivity contribution in [2.24, 2.45) is 0 Å². The summed E-state index contributed by atoms with van der Waals surface area (Å²) in [6.45, 7) is 0. The van der Waals surface area contributed by atoms with Crippen molar-refractivity contribution >= 4 is 81.7 Å². The summed E-state index contributed by atoms with van der Waals surface area (Å²) in [7, 11) is 0. The fourth-order valence-corrected chi connectivity index (χ4v) is 9.49. The van der Waals surface area contributed by atoms with Gasteiger partial charge in [-0.25, -0.2) is 0 Å². The molecule has 0 spiro atoms. The van der Waals surface area contributed by atoms with Crippen LogP contribution in [0, 0.1) is 0 Å². The summed E-state index contributed by atoms with van der Waals surface area (Å²) < 4.78 is 6.80. The number of fused-ring (bicyclic) bond motifs is 12. The summed E-state index contributed by atoms with van der Waals surface area (Å²) in [5, 5.41) is 9.56. The molecule has 6 heteroatoms. The van der Waals surface area contributed by atoms with Crippen LogP contribution in [0.2, 0.25) is 0 Å². The molecule has 5 heterocycles. The summed E-state index contributed by atoms with van der Waals surface area (Å²) in [6, 6.07) is 64.7. The van der Waals surface area contributed by atoms with Crippen LogP contribution in [0.3, 0.4) is 0 Å². The van der Waals surface area contributed by atoms with Crippen molar-refractivity contribution in [2.45, 2.75) is 0 Å². The molecule has 0 aliphatic heterocycles. The lowest BCUT2D eigenvalue weighted by Crippen LogP contribution is -2.10. The molecule has 0 aliphatic carbocycles. The molecule has 6 nitrogen and oxygen atoms in total. The van der Waals surface area contributed by atoms with Gasteiger partial charge in [0.15, 0.2) is 5.82 Å². The highest BCUT2D eigenvalue weighted by molar-refractivity contribution is 6.24. The second-order valence-corrected chi connectivity index (χ2v) is 14.8. The molecule has 57 heavy (non-hydrogen) atoms. The van der Waals surface area contributed by atoms with Gasteiger partial charge in [-0.3, -0.25) is 9.13 Å². The standard InChI is InChI=1S/C51H30N6/c1-2-22-39(32(15-1)31-29-40-37-20-7-9-23-42(37)55-43-24-10-8-21-38(43)41(30-31)48(40)55)49-52-50(56-44-25-11-3-16-33(44)34-17-4-12-26-45(34)56)54-51(53-49)57-46-27-13-5-18-35(46)36-19-6-14-28-47(36)57/h1-30H. The van der Waals surface area contributed by atoms with E-state index in [1.807, 2.05) is 0 Å². The van der Waals surface area contributed by atoms with Crippen LogP contribution >= 0.6 is 0 Å². The first-order chi connectivity index (χ1) is 28.3. The van der Waals surface area contributed by atoms with Crippen molar-refractivity contribution in [3.8, 4) is 34.4 Å². The van der Waals surface area contributed by atoms with Crippen LogP contribution in [0.5, 0.6) is 0 Å². The van der Waals surface area contributed by atoms with Crippen LogP contribution in [-0.4, -0.2) is 28.5 Å². The SMILES string of the molecule is c1ccc(-c2nc(-n3c4ccccc4c4ccccc43)nc(-n3c4ccccc4c4ccccc43)n2)c(-c2cc3c4ccccc4n4c5ccccc5c(c2)c34)c1. The number of nitrogens with zero attached hydrogens (tertiary/aromatic N) is 6. The molecular weight excluding hydrogens is 697 g/mol. The van der Waals surface area contributed by atoms with Crippen LogP contribution in [0.15, 0.2) is 182 Å². The molecule has 8 aromatic carbocycles. The van der Waals surface area contributed by atoms with E-state index in [1.54, 1.807) is 0 Å². The number of para-hydroxylation sites is 6. The Bertz CT molecular complexity index is 3450. The minimum absolute atomic E-state index is 0.565. The number of hydrogen-bond donors (Lipinski definition) is 0. The van der Waals surface area contributed by atoms with E-state index in [-0.39, 0.29) is 0 Å². The van der Waals surface area contributed by atoms with Crippen LogP contribution in [0.25, 0.3) is 116 Å². The van der Waals surface area contributed by atoms with Crippen molar-refractivity contribution in [3.63, 3.8) is 0 Å². The van der Waals surface area contributed by atoms with E-state index in [9.17, 15) is 0 Å². The number of aromatic nitrogens is 6. The highest BCUT2D eigenvalue weighted by Crippen LogP contribution is 2.43. The maximum absolute atomic E-state index is 5.42. The lowest BCUT2D eigenvalue weighted by molar-refractivity contribution is 0.893. The van der Waals surface area contributed by atoms with E-state index < -0.39 is 0 Å². The number of rotatable bonds is 4. The Kier molecular flexibility index (Phi) is 6.07. The molecule has 5 aromatic heterocycles. The molecule has 264 valence electrons. The van der Waals surface area contributed by atoms with Gasteiger partial charge < -0.3 is 4.40 Å². The Morgan fingerprint density at radius 1 is 0.298 bits per heavy atom. The summed E-state index contributed by atoms with van der Waals surface area (Å²) in [4.78, 5) is 16.2. The van der Waals surface area contributed by atoms with Crippen LogP contribution in [0.4, 0.5) is 0 Å². The fraction of sp³-hybridized carbons (Fsp3) is 0. The topological polar surface area (TPSA) is 52.9 Å². The third-order valence-electron chi connectivity index (χ3n) is 11.9. The molecule has 0 radical (unpaired) electrons. The molecule has 0 fully saturated rings. The van der Waals surface area contributed by atoms with Gasteiger partial charge in [-0.15, -0.1) is 0 Å². The molecule has 0 amide bonds. The molecule has 0 atom stereocenters. The van der Waals surface area contributed by atoms with E-state index in [1.165, 1.54) is 38.1 Å². The third kappa shape index (κ3) is 4.16. The minimum atomic E-state index is 0.565. The van der Waals surface area contributed by atoms with Gasteiger partial charge >= 0.3 is 0 Å². The summed E-state index contributed by atoms with van der Waals surface area (Å²) in [5.74, 6) is 1.74. The average molecular weight is 727 g/mol. The first-order valence-electron chi connectivity index (χ1n) is 19.3. The zero-order valence-corrected chi connectivity index (χ0v) is 30.5. The maximum atomic E-state index is 5.42. The quantitative estimate of drug-likeness (QED) is 0.181. The smallest absolute Gasteiger partial charge is 0.240 e. The molecule has 13 aromatic rings. The average Bonchev–Trinajstić information content (AvgIpc) is 4.00. The van der Waals surface area contributed by atoms with Gasteiger partial charge in [0.1, 0.15) is 0 Å². The summed E-state index contributed by atoms with van der Waals surface area (Å²) in [6.07, 6.45) is 0. The normalized spacial score (nSPS) is 12.2. The molecule has 0 saturated carbocycles. The Hall–Kier alpha value is -7.83. The molecule has 0 N–H and O–H groups in total. The molecule has 13 rings (SSSR count). The third-order valence-corrected chi connectivity index (χ3v) is 11.9. The molecule has 0 bridgehead atoms. The van der Waals surface area contributed by atoms with Crippen LogP contribution in [-0.2, 0) is 0 Å². The monoisotopic (exact) mass is 726 g/mol. The van der Waals surface area contributed by atoms with Gasteiger partial charge in [-0.1, -0.05) is 133 Å². The van der Waals surface area contributed by atoms with Crippen molar-refractivity contribution in [3.05, 3.63) is 182 Å². The number of hydrogen-bond acceptors (Lipinski definition) is 3. The van der Waals surface area contributed by atoms with Crippen molar-refractivity contribution in [2.75, 3.05) is 0 Å². The van der Waals surface area contributed by atoms with Crippen LogP contribution in [0.1, 0.15) is 0 Å². The van der Waals surface area contributed by atoms with E-state index in [0.717, 1.165) is 60.3 Å². The van der Waals surface area contributed by atoms with Gasteiger partial charge in [0.05, 0.1) is 38.6 Å². The van der Waals surface area contributed by atoms with Crippen molar-refractivity contribution in [1.82, 2.24) is 28.5 Å². The first-order valence-corrected chi connectivity index (χ1v) is 19.3. The highest BCUT2D eigenvalue weighted by Gasteiger charge is 2.23. The zero-order chi connectivity index (χ0) is 37.2. The molecule has 0 aliphatic rings. The second-order valence-electron chi connectivity index (χ2n) is 14.8. The summed E-state index contributed by atoms with van der Waals surface area (Å²) >= 11 is 0. The van der Waals surface area contributed by atoms with E-state index >= 15 is 0 Å². The lowest BCUT2D eigenvalue weighted by atomic mass is 9.95. The Morgan fingerprint density at radius 2 is 0.632 bits per heavy atom. The van der Waals surface area contributed by atoms with E-state index in [4.69, 9.17) is 15.0 Å². The summed E-state index contributed by atoms with van der Waals surface area (Å²) in [5.41, 5.74) is 11.0. The fourth-order valence-electron chi connectivity index (χ4n) is 9.49. The molecule has 0 saturated heterocycles. The van der Waals surface area contributed by atoms with Crippen LogP contribution < -0.4 is 0 Å². The largest absolute Gasteiger partial charge is 0.308 e. The van der Waals surface area contributed by atoms with Gasteiger partial charge in [0, 0.05) is 48.7 Å². The van der Waals surface area contributed by atoms with E-state index in [2.05, 4.69) is 196 Å². The Balaban J connectivity index is 1.13. The Morgan fingerprint density at radius 3 is 1.05 bits per heavy atom. The van der Waals surface area contributed by atoms with Gasteiger partial charge in [-0.05, 0) is 59.7 Å². The predicted molar refractivity (Wildman–Crippen MR) is 234 cm³/mol. The predicted octanol–water partition coefficient (Wildman–Crippen LogP) is 12.5. The van der Waals surface area contributed by atoms with Crippen molar-refractivity contribution in [1.29, 1.82) is 0 Å². The Labute approximate surface area is 325 Å². The maximum Gasteiger partial charge on any atom is 0.240 e. The van der Waals surface area contributed by atoms with E-state index in [0.29, 0.717) is 17.7 Å². The molecular formula is C51H30N6. The van der Waals surface area contributed by atoms with Crippen molar-refractivity contribution < 1.29 is 0 Å². The molecule has 0 unspecified atom stereocenters. The van der Waals surface area contributed by atoms with Gasteiger partial charge in [0.2, 0.25) is 11.9 Å². The lowest BCUT2D eigenvalue weighted by Gasteiger charge is -2.14. The minimum Gasteiger partial charge on any atom is -0.308 e. The second kappa shape index (κ2) is 11.4. The van der Waals surface area contributed by atoms with Gasteiger partial charge in [0.25, 0.3) is 0 Å².